The van der Waals surface area contributed by atoms with E-state index in [1.807, 2.05) is 24.4 Å². The van der Waals surface area contributed by atoms with Crippen molar-refractivity contribution in [2.45, 2.75) is 121 Å². The topological polar surface area (TPSA) is 134 Å². The van der Waals surface area contributed by atoms with E-state index in [4.69, 9.17) is 21.2 Å². The summed E-state index contributed by atoms with van der Waals surface area (Å²) < 4.78 is 6.16. The van der Waals surface area contributed by atoms with Crippen molar-refractivity contribution in [1.29, 1.82) is 0 Å². The van der Waals surface area contributed by atoms with E-state index in [0.717, 1.165) is 87.5 Å². The molecule has 0 spiro atoms. The standard InChI is InChI=1S/C40H56N4O4/c1-3-5-7-14-31(35(45)15-8-6-4-2)36(46)18-16-28-17-19-37(47)38(22-28)48-27-44-25-32-33(24-43-34(32)26-44)40(20-9-10-21-40)30-13-11-12-29(23-30)39(41)42/h11-13,17,19,22-24,26,31,35,39,45,47H,3-10,14-16,18,20-21,25,27,41-42H2,1-2H3. The molecule has 1 saturated carbocycles. The lowest BCUT2D eigenvalue weighted by Crippen LogP contribution is -2.29. The summed E-state index contributed by atoms with van der Waals surface area (Å²) in [4.78, 5) is 20.2. The Kier molecular flexibility index (Phi) is 12.5. The summed E-state index contributed by atoms with van der Waals surface area (Å²) in [5.74, 6) is 0.288. The van der Waals surface area contributed by atoms with Crippen molar-refractivity contribution < 1.29 is 19.7 Å². The Morgan fingerprint density at radius 2 is 1.77 bits per heavy atom. The van der Waals surface area contributed by atoms with Gasteiger partial charge in [0, 0.05) is 42.3 Å². The number of fused-ring (bicyclic) bond motifs is 1. The van der Waals surface area contributed by atoms with Crippen LogP contribution in [0.2, 0.25) is 0 Å². The normalized spacial score (nSPS) is 18.0. The minimum atomic E-state index is -0.577. The molecule has 1 aliphatic carbocycles. The number of unbranched alkanes of at least 4 members (excludes halogenated alkanes) is 4. The van der Waals surface area contributed by atoms with Crippen molar-refractivity contribution in [2.24, 2.45) is 22.4 Å². The first-order valence-corrected chi connectivity index (χ1v) is 18.3. The van der Waals surface area contributed by atoms with Gasteiger partial charge in [-0.1, -0.05) is 95.5 Å². The van der Waals surface area contributed by atoms with E-state index in [2.05, 4.69) is 43.2 Å². The average Bonchev–Trinajstić information content (AvgIpc) is 3.83. The largest absolute Gasteiger partial charge is 0.504 e. The summed E-state index contributed by atoms with van der Waals surface area (Å²) in [6.07, 6.45) is 16.0. The second-order valence-corrected chi connectivity index (χ2v) is 14.1. The molecule has 2 atom stereocenters. The number of nitrogens with zero attached hydrogens (tertiary/aromatic N) is 2. The van der Waals surface area contributed by atoms with Crippen LogP contribution in [0.1, 0.15) is 120 Å². The molecule has 8 heteroatoms. The molecule has 0 saturated heterocycles. The molecule has 3 aliphatic rings. The lowest BCUT2D eigenvalue weighted by atomic mass is 9.71. The second kappa shape index (κ2) is 16.8. The number of aliphatic hydroxyl groups excluding tert-OH is 1. The van der Waals surface area contributed by atoms with Gasteiger partial charge in [-0.2, -0.15) is 0 Å². The molecule has 48 heavy (non-hydrogen) atoms. The number of nitrogens with two attached hydrogens (primary N) is 2. The van der Waals surface area contributed by atoms with Gasteiger partial charge >= 0.3 is 0 Å². The van der Waals surface area contributed by atoms with Crippen LogP contribution >= 0.6 is 0 Å². The first-order valence-electron chi connectivity index (χ1n) is 18.3. The highest BCUT2D eigenvalue weighted by atomic mass is 16.5. The van der Waals surface area contributed by atoms with E-state index >= 15 is 0 Å². The Bertz CT molecular complexity index is 1490. The van der Waals surface area contributed by atoms with Crippen LogP contribution in [0.25, 0.3) is 0 Å². The van der Waals surface area contributed by atoms with Gasteiger partial charge in [0.15, 0.2) is 18.2 Å². The van der Waals surface area contributed by atoms with Crippen molar-refractivity contribution in [3.8, 4) is 11.5 Å². The Morgan fingerprint density at radius 1 is 1.02 bits per heavy atom. The molecule has 6 N–H and O–H groups in total. The maximum atomic E-state index is 13.3. The Balaban J connectivity index is 1.22. The smallest absolute Gasteiger partial charge is 0.163 e. The summed E-state index contributed by atoms with van der Waals surface area (Å²) in [5, 5.41) is 21.5. The van der Waals surface area contributed by atoms with Gasteiger partial charge in [-0.15, -0.1) is 0 Å². The van der Waals surface area contributed by atoms with Crippen LogP contribution in [-0.2, 0) is 16.6 Å². The Morgan fingerprint density at radius 3 is 2.50 bits per heavy atom. The number of allylic oxidation sites excluding steroid dienone is 1. The number of hydrogen-bond donors (Lipinski definition) is 4. The number of phenolic OH excluding ortho intramolecular Hbond substituents is 1. The number of aliphatic hydroxyl groups is 1. The maximum Gasteiger partial charge on any atom is 0.163 e. The zero-order chi connectivity index (χ0) is 34.1. The van der Waals surface area contributed by atoms with Crippen LogP contribution in [0.5, 0.6) is 11.5 Å². The fourth-order valence-electron chi connectivity index (χ4n) is 7.78. The molecule has 2 aromatic rings. The number of carbonyl (C=O) groups is 1. The number of benzene rings is 2. The fourth-order valence-corrected chi connectivity index (χ4v) is 7.78. The molecule has 0 aromatic heterocycles. The quantitative estimate of drug-likeness (QED) is 0.0919. The van der Waals surface area contributed by atoms with Crippen LogP contribution < -0.4 is 16.2 Å². The number of phenols is 1. The molecule has 2 heterocycles. The highest BCUT2D eigenvalue weighted by Crippen LogP contribution is 2.50. The molecular formula is C40H56N4O4. The lowest BCUT2D eigenvalue weighted by Gasteiger charge is -2.32. The third kappa shape index (κ3) is 8.39. The highest BCUT2D eigenvalue weighted by Gasteiger charge is 2.43. The van der Waals surface area contributed by atoms with Gasteiger partial charge in [0.2, 0.25) is 0 Å². The molecule has 2 aliphatic heterocycles. The Labute approximate surface area is 287 Å². The summed E-state index contributed by atoms with van der Waals surface area (Å²) in [5.41, 5.74) is 18.6. The van der Waals surface area contributed by atoms with Gasteiger partial charge in [-0.25, -0.2) is 0 Å². The van der Waals surface area contributed by atoms with E-state index in [0.29, 0.717) is 31.6 Å². The molecule has 0 amide bonds. The van der Waals surface area contributed by atoms with Crippen LogP contribution in [0.4, 0.5) is 0 Å². The first kappa shape index (κ1) is 35.8. The van der Waals surface area contributed by atoms with Crippen molar-refractivity contribution in [3.63, 3.8) is 0 Å². The van der Waals surface area contributed by atoms with Crippen LogP contribution in [-0.4, -0.2) is 46.5 Å². The molecule has 2 aromatic carbocycles. The average molecular weight is 657 g/mol. The summed E-state index contributed by atoms with van der Waals surface area (Å²) >= 11 is 0. The van der Waals surface area contributed by atoms with Crippen molar-refractivity contribution in [2.75, 3.05) is 13.3 Å². The van der Waals surface area contributed by atoms with E-state index in [1.165, 1.54) is 16.7 Å². The minimum Gasteiger partial charge on any atom is -0.504 e. The minimum absolute atomic E-state index is 0.0711. The molecular weight excluding hydrogens is 600 g/mol. The SMILES string of the molecule is CCCCCC(O)C(CCCCC)C(=O)CCc1ccc(O)c(OCN2C=C3N=CC(C4(c5cccc(C(N)N)c5)CCCC4)=C3C2)c1. The van der Waals surface area contributed by atoms with Crippen molar-refractivity contribution in [1.82, 2.24) is 4.90 Å². The van der Waals surface area contributed by atoms with Gasteiger partial charge in [-0.3, -0.25) is 9.79 Å². The van der Waals surface area contributed by atoms with Crippen molar-refractivity contribution >= 4 is 12.0 Å². The van der Waals surface area contributed by atoms with Gasteiger partial charge in [-0.05, 0) is 66.5 Å². The number of Topliss-reactive ketones (excluding diaryl/α,β-unsaturated/α-hetero) is 1. The van der Waals surface area contributed by atoms with E-state index < -0.39 is 12.3 Å². The van der Waals surface area contributed by atoms with Gasteiger partial charge in [0.25, 0.3) is 0 Å². The molecule has 0 bridgehead atoms. The lowest BCUT2D eigenvalue weighted by molar-refractivity contribution is -0.126. The number of rotatable bonds is 19. The van der Waals surface area contributed by atoms with Crippen LogP contribution in [0, 0.1) is 5.92 Å². The number of carbonyl (C=O) groups excluding carboxylic acids is 1. The third-order valence-electron chi connectivity index (χ3n) is 10.6. The van der Waals surface area contributed by atoms with E-state index in [9.17, 15) is 15.0 Å². The van der Waals surface area contributed by atoms with Gasteiger partial charge in [0.05, 0.1) is 18.0 Å². The van der Waals surface area contributed by atoms with Gasteiger partial charge < -0.3 is 31.3 Å². The Hall–Kier alpha value is -3.46. The summed E-state index contributed by atoms with van der Waals surface area (Å²) in [6.45, 7) is 5.24. The summed E-state index contributed by atoms with van der Waals surface area (Å²) in [7, 11) is 0. The van der Waals surface area contributed by atoms with Gasteiger partial charge in [0.1, 0.15) is 5.78 Å². The second-order valence-electron chi connectivity index (χ2n) is 14.1. The van der Waals surface area contributed by atoms with Crippen LogP contribution in [0.15, 0.2) is 70.5 Å². The number of aromatic hydroxyl groups is 1. The zero-order valence-corrected chi connectivity index (χ0v) is 29.0. The molecule has 8 nitrogen and oxygen atoms in total. The molecule has 2 unspecified atom stereocenters. The zero-order valence-electron chi connectivity index (χ0n) is 29.0. The summed E-state index contributed by atoms with van der Waals surface area (Å²) in [6, 6.07) is 13.7. The van der Waals surface area contributed by atoms with Crippen molar-refractivity contribution in [3.05, 3.63) is 82.2 Å². The number of ether oxygens (including phenoxy) is 1. The van der Waals surface area contributed by atoms with E-state index in [1.54, 1.807) is 6.07 Å². The van der Waals surface area contributed by atoms with E-state index in [-0.39, 0.29) is 29.6 Å². The molecule has 0 radical (unpaired) electrons. The molecule has 5 rings (SSSR count). The number of aryl methyl sites for hydroxylation is 1. The first-order chi connectivity index (χ1) is 23.3. The number of ketones is 1. The predicted molar refractivity (Wildman–Crippen MR) is 193 cm³/mol. The highest BCUT2D eigenvalue weighted by molar-refractivity contribution is 5.90. The fraction of sp³-hybridized carbons (Fsp3) is 0.550. The third-order valence-corrected chi connectivity index (χ3v) is 10.6. The predicted octanol–water partition coefficient (Wildman–Crippen LogP) is 7.33. The number of hydrogen-bond acceptors (Lipinski definition) is 8. The number of aliphatic imine (C=N–C) groups is 1. The monoisotopic (exact) mass is 656 g/mol. The maximum absolute atomic E-state index is 13.3. The van der Waals surface area contributed by atoms with Crippen LogP contribution in [0.3, 0.4) is 0 Å². The molecule has 1 fully saturated rings. The molecule has 260 valence electrons.